The van der Waals surface area contributed by atoms with Crippen LogP contribution in [0, 0.1) is 19.8 Å². The molecule has 0 saturated heterocycles. The molecule has 6 nitrogen and oxygen atoms in total. The zero-order valence-electron chi connectivity index (χ0n) is 17.9. The van der Waals surface area contributed by atoms with Crippen LogP contribution in [0.4, 0.5) is 4.79 Å². The van der Waals surface area contributed by atoms with Crippen LogP contribution in [-0.2, 0) is 23.7 Å². The Morgan fingerprint density at radius 1 is 1.24 bits per heavy atom. The molecule has 1 aliphatic heterocycles. The van der Waals surface area contributed by atoms with Crippen LogP contribution in [0.5, 0.6) is 0 Å². The van der Waals surface area contributed by atoms with Gasteiger partial charge in [0, 0.05) is 7.11 Å². The Morgan fingerprint density at radius 3 is 2.55 bits per heavy atom. The summed E-state index contributed by atoms with van der Waals surface area (Å²) in [6, 6.07) is 5.86. The summed E-state index contributed by atoms with van der Waals surface area (Å²) in [5, 5.41) is 0. The Morgan fingerprint density at radius 2 is 1.93 bits per heavy atom. The Bertz CT molecular complexity index is 815. The minimum Gasteiger partial charge on any atom is -0.447 e. The van der Waals surface area contributed by atoms with E-state index in [-0.39, 0.29) is 24.4 Å². The Balaban J connectivity index is 2.02. The van der Waals surface area contributed by atoms with Crippen LogP contribution in [0.2, 0.25) is 0 Å². The summed E-state index contributed by atoms with van der Waals surface area (Å²) < 4.78 is 22.3. The highest BCUT2D eigenvalue weighted by Gasteiger charge is 2.52. The topological polar surface area (TPSA) is 71.1 Å². The lowest BCUT2D eigenvalue weighted by Gasteiger charge is -2.36. The number of benzene rings is 1. The summed E-state index contributed by atoms with van der Waals surface area (Å²) in [6.07, 6.45) is 1.83. The molecule has 6 heteroatoms. The standard InChI is InChI=1S/C23H30O6/c1-14(2)13-27-22(25)28-20-19(18-12-15(3)6-7-16(18)4)21(24)29-23(20)10-8-17(26-5)9-11-23/h6-7,12,14,17H,8-11,13H2,1-5H3. The van der Waals surface area contributed by atoms with Crippen molar-refractivity contribution in [2.45, 2.75) is 65.1 Å². The Hall–Kier alpha value is -2.34. The van der Waals surface area contributed by atoms with Gasteiger partial charge in [0.25, 0.3) is 0 Å². The van der Waals surface area contributed by atoms with Crippen molar-refractivity contribution in [2.75, 3.05) is 13.7 Å². The number of carbonyl (C=O) groups is 2. The molecule has 0 atom stereocenters. The molecule has 0 bridgehead atoms. The fraction of sp³-hybridized carbons (Fsp3) is 0.565. The zero-order valence-corrected chi connectivity index (χ0v) is 17.9. The maximum absolute atomic E-state index is 13.0. The lowest BCUT2D eigenvalue weighted by molar-refractivity contribution is -0.152. The van der Waals surface area contributed by atoms with Gasteiger partial charge in [0.05, 0.1) is 12.7 Å². The van der Waals surface area contributed by atoms with Gasteiger partial charge >= 0.3 is 12.1 Å². The normalized spacial score (nSPS) is 24.2. The van der Waals surface area contributed by atoms with Gasteiger partial charge in [-0.05, 0) is 56.6 Å². The number of carbonyl (C=O) groups excluding carboxylic acids is 2. The minimum absolute atomic E-state index is 0.109. The first-order valence-electron chi connectivity index (χ1n) is 10.2. The Kier molecular flexibility index (Phi) is 6.32. The molecule has 1 heterocycles. The summed E-state index contributed by atoms with van der Waals surface area (Å²) in [5.41, 5.74) is 2.03. The second-order valence-electron chi connectivity index (χ2n) is 8.40. The molecule has 0 aromatic heterocycles. The first kappa shape index (κ1) is 21.4. The molecule has 0 N–H and O–H groups in total. The minimum atomic E-state index is -0.950. The monoisotopic (exact) mass is 402 g/mol. The molecule has 1 aromatic carbocycles. The molecule has 1 aliphatic carbocycles. The maximum Gasteiger partial charge on any atom is 0.513 e. The fourth-order valence-corrected chi connectivity index (χ4v) is 3.95. The average molecular weight is 402 g/mol. The lowest BCUT2D eigenvalue weighted by atomic mass is 9.80. The van der Waals surface area contributed by atoms with E-state index in [9.17, 15) is 9.59 Å². The van der Waals surface area contributed by atoms with Gasteiger partial charge in [-0.2, -0.15) is 0 Å². The Labute approximate surface area is 172 Å². The van der Waals surface area contributed by atoms with Crippen LogP contribution in [0.1, 0.15) is 56.2 Å². The van der Waals surface area contributed by atoms with E-state index in [0.29, 0.717) is 18.4 Å². The molecule has 2 aliphatic rings. The fourth-order valence-electron chi connectivity index (χ4n) is 3.95. The van der Waals surface area contributed by atoms with Crippen LogP contribution in [0.3, 0.4) is 0 Å². The third kappa shape index (κ3) is 4.47. The van der Waals surface area contributed by atoms with E-state index in [1.165, 1.54) is 0 Å². The van der Waals surface area contributed by atoms with Crippen molar-refractivity contribution in [1.29, 1.82) is 0 Å². The van der Waals surface area contributed by atoms with E-state index < -0.39 is 17.7 Å². The molecule has 3 rings (SSSR count). The largest absolute Gasteiger partial charge is 0.513 e. The molecule has 1 aromatic rings. The predicted molar refractivity (Wildman–Crippen MR) is 108 cm³/mol. The third-order valence-corrected chi connectivity index (χ3v) is 5.59. The van der Waals surface area contributed by atoms with Crippen molar-refractivity contribution in [3.05, 3.63) is 40.6 Å². The van der Waals surface area contributed by atoms with E-state index in [0.717, 1.165) is 29.5 Å². The van der Waals surface area contributed by atoms with E-state index in [1.807, 2.05) is 45.9 Å². The lowest BCUT2D eigenvalue weighted by Crippen LogP contribution is -2.40. The molecule has 0 radical (unpaired) electrons. The quantitative estimate of drug-likeness (QED) is 0.665. The van der Waals surface area contributed by atoms with E-state index in [4.69, 9.17) is 18.9 Å². The van der Waals surface area contributed by atoms with Gasteiger partial charge in [-0.15, -0.1) is 0 Å². The molecule has 0 amide bonds. The molecule has 158 valence electrons. The molecule has 0 unspecified atom stereocenters. The highest BCUT2D eigenvalue weighted by atomic mass is 16.7. The van der Waals surface area contributed by atoms with Gasteiger partial charge in [0.1, 0.15) is 5.57 Å². The summed E-state index contributed by atoms with van der Waals surface area (Å²) >= 11 is 0. The van der Waals surface area contributed by atoms with E-state index >= 15 is 0 Å². The first-order chi connectivity index (χ1) is 13.8. The number of rotatable bonds is 5. The van der Waals surface area contributed by atoms with Crippen LogP contribution < -0.4 is 0 Å². The van der Waals surface area contributed by atoms with Crippen LogP contribution in [-0.4, -0.2) is 37.5 Å². The van der Waals surface area contributed by atoms with Gasteiger partial charge in [-0.25, -0.2) is 9.59 Å². The average Bonchev–Trinajstić information content (AvgIpc) is 2.93. The van der Waals surface area contributed by atoms with Crippen LogP contribution >= 0.6 is 0 Å². The highest BCUT2D eigenvalue weighted by Crippen LogP contribution is 2.48. The first-order valence-corrected chi connectivity index (χ1v) is 10.2. The van der Waals surface area contributed by atoms with Gasteiger partial charge in [-0.3, -0.25) is 0 Å². The summed E-state index contributed by atoms with van der Waals surface area (Å²) in [4.78, 5) is 25.4. The number of esters is 1. The van der Waals surface area contributed by atoms with Crippen molar-refractivity contribution >= 4 is 17.7 Å². The summed E-state index contributed by atoms with van der Waals surface area (Å²) in [6.45, 7) is 8.03. The molecular formula is C23H30O6. The summed E-state index contributed by atoms with van der Waals surface area (Å²) in [7, 11) is 1.68. The highest BCUT2D eigenvalue weighted by molar-refractivity contribution is 6.20. The number of aryl methyl sites for hydroxylation is 2. The maximum atomic E-state index is 13.0. The van der Waals surface area contributed by atoms with Crippen molar-refractivity contribution in [1.82, 2.24) is 0 Å². The van der Waals surface area contributed by atoms with Crippen molar-refractivity contribution < 1.29 is 28.5 Å². The predicted octanol–water partition coefficient (Wildman–Crippen LogP) is 4.71. The van der Waals surface area contributed by atoms with Crippen LogP contribution in [0.25, 0.3) is 5.57 Å². The second-order valence-corrected chi connectivity index (χ2v) is 8.40. The van der Waals surface area contributed by atoms with Gasteiger partial charge in [-0.1, -0.05) is 37.6 Å². The SMILES string of the molecule is COC1CCC2(CC1)OC(=O)C(c1cc(C)ccc1C)=C2OC(=O)OCC(C)C. The number of hydrogen-bond donors (Lipinski definition) is 0. The van der Waals surface area contributed by atoms with Gasteiger partial charge in [0.2, 0.25) is 0 Å². The van der Waals surface area contributed by atoms with Gasteiger partial charge < -0.3 is 18.9 Å². The third-order valence-electron chi connectivity index (χ3n) is 5.59. The van der Waals surface area contributed by atoms with Crippen LogP contribution in [0.15, 0.2) is 24.0 Å². The molecule has 29 heavy (non-hydrogen) atoms. The van der Waals surface area contributed by atoms with Crippen molar-refractivity contribution in [3.63, 3.8) is 0 Å². The smallest absolute Gasteiger partial charge is 0.447 e. The molecule has 1 spiro atoms. The second kappa shape index (κ2) is 8.57. The number of hydrogen-bond acceptors (Lipinski definition) is 6. The van der Waals surface area contributed by atoms with Gasteiger partial charge in [0.15, 0.2) is 11.4 Å². The molecule has 1 fully saturated rings. The van der Waals surface area contributed by atoms with Crippen molar-refractivity contribution in [2.24, 2.45) is 5.92 Å². The summed E-state index contributed by atoms with van der Waals surface area (Å²) in [5.74, 6) is 0.00307. The number of methoxy groups -OCH3 is 1. The van der Waals surface area contributed by atoms with E-state index in [2.05, 4.69) is 0 Å². The molecule has 1 saturated carbocycles. The number of ether oxygens (including phenoxy) is 4. The van der Waals surface area contributed by atoms with Crippen molar-refractivity contribution in [3.8, 4) is 0 Å². The zero-order chi connectivity index (χ0) is 21.2. The van der Waals surface area contributed by atoms with E-state index in [1.54, 1.807) is 7.11 Å². The molecular weight excluding hydrogens is 372 g/mol.